The van der Waals surface area contributed by atoms with E-state index in [-0.39, 0.29) is 11.8 Å². The number of rotatable bonds is 4. The quantitative estimate of drug-likeness (QED) is 0.279. The van der Waals surface area contributed by atoms with E-state index in [1.165, 1.54) is 24.8 Å². The third-order valence-electron chi connectivity index (χ3n) is 9.11. The van der Waals surface area contributed by atoms with Crippen molar-refractivity contribution in [3.05, 3.63) is 118 Å². The Hall–Kier alpha value is -3.93. The molecule has 5 nitrogen and oxygen atoms in total. The summed E-state index contributed by atoms with van der Waals surface area (Å²) in [5.74, 6) is 0.427. The molecule has 0 radical (unpaired) electrons. The highest BCUT2D eigenvalue weighted by Gasteiger charge is 2.48. The predicted molar refractivity (Wildman–Crippen MR) is 165 cm³/mol. The highest BCUT2D eigenvalue weighted by atomic mass is 35.5. The van der Waals surface area contributed by atoms with Crippen molar-refractivity contribution in [2.75, 3.05) is 16.8 Å². The average Bonchev–Trinajstić information content (AvgIpc) is 3.54. The molecular formula is C35H32ClN3O2. The summed E-state index contributed by atoms with van der Waals surface area (Å²) in [5.41, 5.74) is 6.95. The SMILES string of the molecule is Cc1ccc(-c2ccccc2C(=O)Nc2ccc(C(=O)N3C[C@H]4C5CCC(C5)N4Cc4cc(Cl)ccc43)cc2)cc1. The van der Waals surface area contributed by atoms with Crippen molar-refractivity contribution in [2.45, 2.75) is 44.8 Å². The molecule has 2 aliphatic heterocycles. The molecule has 7 rings (SSSR count). The zero-order valence-electron chi connectivity index (χ0n) is 23.0. The van der Waals surface area contributed by atoms with Gasteiger partial charge in [-0.3, -0.25) is 14.5 Å². The highest BCUT2D eigenvalue weighted by molar-refractivity contribution is 6.30. The molecule has 4 aromatic carbocycles. The Kier molecular flexibility index (Phi) is 6.64. The minimum atomic E-state index is -0.185. The molecule has 2 unspecified atom stereocenters. The molecule has 6 heteroatoms. The number of nitrogens with zero attached hydrogens (tertiary/aromatic N) is 2. The first-order valence-electron chi connectivity index (χ1n) is 14.4. The summed E-state index contributed by atoms with van der Waals surface area (Å²) in [7, 11) is 0. The van der Waals surface area contributed by atoms with Crippen LogP contribution >= 0.6 is 11.6 Å². The minimum absolute atomic E-state index is 0.0270. The van der Waals surface area contributed by atoms with Crippen LogP contribution in [0.5, 0.6) is 0 Å². The first kappa shape index (κ1) is 26.0. The van der Waals surface area contributed by atoms with Crippen molar-refractivity contribution < 1.29 is 9.59 Å². The zero-order chi connectivity index (χ0) is 28.1. The lowest BCUT2D eigenvalue weighted by Gasteiger charge is -2.35. The largest absolute Gasteiger partial charge is 0.322 e. The van der Waals surface area contributed by atoms with Crippen molar-refractivity contribution >= 4 is 34.8 Å². The number of carbonyl (C=O) groups is 2. The van der Waals surface area contributed by atoms with Crippen LogP contribution in [0.3, 0.4) is 0 Å². The van der Waals surface area contributed by atoms with Crippen molar-refractivity contribution in [3.8, 4) is 11.1 Å². The van der Waals surface area contributed by atoms with Crippen molar-refractivity contribution in [3.63, 3.8) is 0 Å². The zero-order valence-corrected chi connectivity index (χ0v) is 23.8. The number of anilines is 2. The molecule has 3 aliphatic rings. The van der Waals surface area contributed by atoms with E-state index in [9.17, 15) is 9.59 Å². The van der Waals surface area contributed by atoms with Crippen LogP contribution in [0.1, 0.15) is 51.1 Å². The molecule has 2 fully saturated rings. The fourth-order valence-corrected chi connectivity index (χ4v) is 7.21. The molecule has 41 heavy (non-hydrogen) atoms. The fraction of sp³-hybridized carbons (Fsp3) is 0.257. The van der Waals surface area contributed by atoms with Gasteiger partial charge >= 0.3 is 0 Å². The molecule has 1 saturated heterocycles. The van der Waals surface area contributed by atoms with E-state index in [4.69, 9.17) is 11.6 Å². The van der Waals surface area contributed by atoms with E-state index in [1.54, 1.807) is 0 Å². The maximum absolute atomic E-state index is 14.0. The number of aryl methyl sites for hydroxylation is 1. The summed E-state index contributed by atoms with van der Waals surface area (Å²) in [6, 6.07) is 29.9. The average molecular weight is 562 g/mol. The second-order valence-electron chi connectivity index (χ2n) is 11.6. The molecule has 206 valence electrons. The van der Waals surface area contributed by atoms with Crippen LogP contribution in [0, 0.1) is 12.8 Å². The van der Waals surface area contributed by atoms with Gasteiger partial charge in [0.1, 0.15) is 0 Å². The van der Waals surface area contributed by atoms with E-state index in [1.807, 2.05) is 103 Å². The summed E-state index contributed by atoms with van der Waals surface area (Å²) in [4.78, 5) is 31.8. The normalized spacial score (nSPS) is 21.2. The van der Waals surface area contributed by atoms with Crippen LogP contribution in [0.2, 0.25) is 5.02 Å². The predicted octanol–water partition coefficient (Wildman–Crippen LogP) is 7.58. The van der Waals surface area contributed by atoms with E-state index in [2.05, 4.69) is 10.2 Å². The standard InChI is InChI=1S/C35H32ClN3O2/c1-22-6-8-23(9-7-22)30-4-2-3-5-31(30)34(40)37-28-14-10-24(11-15-28)35(41)39-21-33-25-12-16-29(19-25)38(33)20-26-18-27(36)13-17-32(26)39/h2-11,13-15,17-18,25,29,33H,12,16,19-21H2,1H3,(H,37,40)/t25?,29?,33-/m0/s1. The number of fused-ring (bicyclic) bond motifs is 6. The highest BCUT2D eigenvalue weighted by Crippen LogP contribution is 2.46. The van der Waals surface area contributed by atoms with Gasteiger partial charge < -0.3 is 10.2 Å². The Morgan fingerprint density at radius 2 is 1.68 bits per heavy atom. The number of hydrogen-bond acceptors (Lipinski definition) is 3. The van der Waals surface area contributed by atoms with Gasteiger partial charge in [0.2, 0.25) is 0 Å². The number of amides is 2. The van der Waals surface area contributed by atoms with E-state index in [0.29, 0.717) is 46.4 Å². The van der Waals surface area contributed by atoms with Crippen LogP contribution in [-0.2, 0) is 6.54 Å². The van der Waals surface area contributed by atoms with Gasteiger partial charge in [-0.05, 0) is 97.3 Å². The molecule has 2 amide bonds. The van der Waals surface area contributed by atoms with Gasteiger partial charge in [-0.25, -0.2) is 0 Å². The molecule has 2 bridgehead atoms. The number of carbonyl (C=O) groups excluding carboxylic acids is 2. The third kappa shape index (κ3) is 4.83. The van der Waals surface area contributed by atoms with E-state index >= 15 is 0 Å². The van der Waals surface area contributed by atoms with E-state index in [0.717, 1.165) is 28.9 Å². The fourth-order valence-electron chi connectivity index (χ4n) is 7.02. The summed E-state index contributed by atoms with van der Waals surface area (Å²) >= 11 is 6.39. The van der Waals surface area contributed by atoms with E-state index < -0.39 is 0 Å². The van der Waals surface area contributed by atoms with Gasteiger partial charge in [-0.1, -0.05) is 59.6 Å². The monoisotopic (exact) mass is 561 g/mol. The number of piperidine rings is 1. The Labute approximate surface area is 245 Å². The second kappa shape index (κ2) is 10.5. The van der Waals surface area contributed by atoms with Crippen LogP contribution in [0.4, 0.5) is 11.4 Å². The smallest absolute Gasteiger partial charge is 0.258 e. The Balaban J connectivity index is 1.12. The van der Waals surface area contributed by atoms with Gasteiger partial charge in [-0.15, -0.1) is 0 Å². The summed E-state index contributed by atoms with van der Waals surface area (Å²) in [5, 5.41) is 3.72. The molecule has 0 aromatic heterocycles. The van der Waals surface area contributed by atoms with Crippen LogP contribution < -0.4 is 10.2 Å². The maximum Gasteiger partial charge on any atom is 0.258 e. The number of hydrogen-bond donors (Lipinski definition) is 1. The minimum Gasteiger partial charge on any atom is -0.322 e. The Bertz CT molecular complexity index is 1630. The van der Waals surface area contributed by atoms with Crippen LogP contribution in [-0.4, -0.2) is 35.3 Å². The maximum atomic E-state index is 14.0. The number of benzene rings is 4. The Morgan fingerprint density at radius 3 is 2.49 bits per heavy atom. The molecule has 3 atom stereocenters. The summed E-state index contributed by atoms with van der Waals surface area (Å²) in [6.45, 7) is 3.56. The molecule has 1 N–H and O–H groups in total. The molecular weight excluding hydrogens is 530 g/mol. The summed E-state index contributed by atoms with van der Waals surface area (Å²) in [6.07, 6.45) is 3.71. The molecule has 4 aromatic rings. The van der Waals surface area contributed by atoms with Crippen molar-refractivity contribution in [1.29, 1.82) is 0 Å². The van der Waals surface area contributed by atoms with Crippen molar-refractivity contribution in [1.82, 2.24) is 4.90 Å². The third-order valence-corrected chi connectivity index (χ3v) is 9.34. The molecule has 0 spiro atoms. The molecule has 2 heterocycles. The lowest BCUT2D eigenvalue weighted by Crippen LogP contribution is -2.46. The second-order valence-corrected chi connectivity index (χ2v) is 12.0. The topological polar surface area (TPSA) is 52.7 Å². The Morgan fingerprint density at radius 1 is 0.902 bits per heavy atom. The lowest BCUT2D eigenvalue weighted by molar-refractivity contribution is 0.0961. The van der Waals surface area contributed by atoms with Gasteiger partial charge in [0.05, 0.1) is 0 Å². The van der Waals surface area contributed by atoms with Crippen molar-refractivity contribution in [2.24, 2.45) is 5.92 Å². The van der Waals surface area contributed by atoms with Crippen LogP contribution in [0.25, 0.3) is 11.1 Å². The molecule has 1 aliphatic carbocycles. The van der Waals surface area contributed by atoms with Gasteiger partial charge in [0, 0.05) is 52.7 Å². The van der Waals surface area contributed by atoms with Gasteiger partial charge in [0.25, 0.3) is 11.8 Å². The molecule has 1 saturated carbocycles. The van der Waals surface area contributed by atoms with Gasteiger partial charge in [0.15, 0.2) is 0 Å². The summed E-state index contributed by atoms with van der Waals surface area (Å²) < 4.78 is 0. The first-order chi connectivity index (χ1) is 19.9. The number of nitrogens with one attached hydrogen (secondary N) is 1. The lowest BCUT2D eigenvalue weighted by atomic mass is 9.98. The van der Waals surface area contributed by atoms with Gasteiger partial charge in [-0.2, -0.15) is 0 Å². The van der Waals surface area contributed by atoms with Crippen LogP contribution in [0.15, 0.2) is 91.0 Å². The first-order valence-corrected chi connectivity index (χ1v) is 14.8. The number of halogens is 1.